The fourth-order valence-electron chi connectivity index (χ4n) is 4.72. The summed E-state index contributed by atoms with van der Waals surface area (Å²) in [5.74, 6) is 0.923. The van der Waals surface area contributed by atoms with Gasteiger partial charge in [0.1, 0.15) is 5.82 Å². The van der Waals surface area contributed by atoms with Crippen LogP contribution in [0.2, 0.25) is 0 Å². The zero-order chi connectivity index (χ0) is 19.1. The number of carbonyl (C=O) groups excluding carboxylic acids is 1. The van der Waals surface area contributed by atoms with Crippen LogP contribution in [0, 0.1) is 6.92 Å². The molecule has 1 spiro atoms. The molecule has 142 valence electrons. The third-order valence-corrected chi connectivity index (χ3v) is 6.17. The molecule has 3 aromatic rings. The van der Waals surface area contributed by atoms with Crippen LogP contribution in [-0.4, -0.2) is 44.1 Å². The van der Waals surface area contributed by atoms with E-state index < -0.39 is 0 Å². The zero-order valence-corrected chi connectivity index (χ0v) is 16.0. The minimum Gasteiger partial charge on any atom is -0.338 e. The van der Waals surface area contributed by atoms with Crippen molar-refractivity contribution in [2.75, 3.05) is 13.1 Å². The average molecular weight is 373 g/mol. The van der Waals surface area contributed by atoms with E-state index in [0.717, 1.165) is 61.4 Å². The summed E-state index contributed by atoms with van der Waals surface area (Å²) in [6.45, 7) is 3.50. The third kappa shape index (κ3) is 2.80. The summed E-state index contributed by atoms with van der Waals surface area (Å²) in [6.07, 6.45) is 7.88. The van der Waals surface area contributed by atoms with Gasteiger partial charge in [-0.15, -0.1) is 0 Å². The second kappa shape index (κ2) is 6.55. The summed E-state index contributed by atoms with van der Waals surface area (Å²) in [4.78, 5) is 24.3. The van der Waals surface area contributed by atoms with Gasteiger partial charge in [-0.25, -0.2) is 9.97 Å². The van der Waals surface area contributed by atoms with E-state index in [2.05, 4.69) is 15.2 Å². The van der Waals surface area contributed by atoms with Crippen molar-refractivity contribution in [3.05, 3.63) is 65.4 Å². The highest BCUT2D eigenvalue weighted by Gasteiger charge is 2.44. The van der Waals surface area contributed by atoms with E-state index in [0.29, 0.717) is 0 Å². The lowest BCUT2D eigenvalue weighted by Crippen LogP contribution is -2.48. The molecule has 1 amide bonds. The summed E-state index contributed by atoms with van der Waals surface area (Å²) in [5, 5.41) is 6.94. The zero-order valence-electron chi connectivity index (χ0n) is 16.0. The van der Waals surface area contributed by atoms with Gasteiger partial charge in [0, 0.05) is 36.5 Å². The number of amides is 1. The smallest absolute Gasteiger partial charge is 0.253 e. The van der Waals surface area contributed by atoms with Crippen LogP contribution < -0.4 is 0 Å². The highest BCUT2D eigenvalue weighted by molar-refractivity contribution is 5.94. The Labute approximate surface area is 164 Å². The Morgan fingerprint density at radius 1 is 1.18 bits per heavy atom. The summed E-state index contributed by atoms with van der Waals surface area (Å²) in [6, 6.07) is 9.69. The van der Waals surface area contributed by atoms with E-state index in [9.17, 15) is 4.79 Å². The first-order chi connectivity index (χ1) is 13.6. The van der Waals surface area contributed by atoms with Crippen molar-refractivity contribution in [1.29, 1.82) is 0 Å². The first-order valence-corrected chi connectivity index (χ1v) is 9.87. The molecular formula is C22H23N5O. The maximum absolute atomic E-state index is 13.2. The number of nitrogens with one attached hydrogen (secondary N) is 1. The van der Waals surface area contributed by atoms with Crippen molar-refractivity contribution in [3.63, 3.8) is 0 Å². The predicted octanol–water partition coefficient (Wildman–Crippen LogP) is 3.30. The van der Waals surface area contributed by atoms with E-state index >= 15 is 0 Å². The molecule has 1 aliphatic carbocycles. The lowest BCUT2D eigenvalue weighted by atomic mass is 9.77. The van der Waals surface area contributed by atoms with E-state index in [1.165, 1.54) is 11.3 Å². The van der Waals surface area contributed by atoms with E-state index in [1.807, 2.05) is 48.4 Å². The molecule has 28 heavy (non-hydrogen) atoms. The Kier molecular flexibility index (Phi) is 4.00. The molecule has 1 N–H and O–H groups in total. The van der Waals surface area contributed by atoms with Crippen molar-refractivity contribution in [2.24, 2.45) is 0 Å². The molecule has 1 saturated heterocycles. The van der Waals surface area contributed by atoms with Crippen molar-refractivity contribution in [2.45, 2.75) is 38.0 Å². The Bertz CT molecular complexity index is 1010. The number of nitrogens with zero attached hydrogens (tertiary/aromatic N) is 4. The maximum Gasteiger partial charge on any atom is 0.253 e. The van der Waals surface area contributed by atoms with Gasteiger partial charge < -0.3 is 4.90 Å². The van der Waals surface area contributed by atoms with Crippen LogP contribution in [0.4, 0.5) is 0 Å². The molecule has 1 unspecified atom stereocenters. The molecule has 6 nitrogen and oxygen atoms in total. The number of piperidine rings is 1. The van der Waals surface area contributed by atoms with Crippen LogP contribution in [0.1, 0.15) is 46.7 Å². The lowest BCUT2D eigenvalue weighted by Gasteiger charge is -2.40. The van der Waals surface area contributed by atoms with Gasteiger partial charge in [-0.05, 0) is 61.9 Å². The summed E-state index contributed by atoms with van der Waals surface area (Å²) >= 11 is 0. The van der Waals surface area contributed by atoms with Gasteiger partial charge in [-0.2, -0.15) is 5.10 Å². The highest BCUT2D eigenvalue weighted by Crippen LogP contribution is 2.44. The quantitative estimate of drug-likeness (QED) is 0.748. The average Bonchev–Trinajstić information content (AvgIpc) is 3.37. The van der Waals surface area contributed by atoms with Gasteiger partial charge in [0.2, 0.25) is 0 Å². The number of rotatable bonds is 2. The van der Waals surface area contributed by atoms with Gasteiger partial charge in [0.25, 0.3) is 5.91 Å². The standard InChI is InChI=1S/C22H23N5O/c1-15-23-13-18-7-10-22(20(18)25-15)9-2-12-27(14-22)21(28)17-5-3-16(4-6-17)19-8-11-24-26-19/h3-6,8,11,13H,2,7,9-10,12,14H2,1H3,(H,24,26). The van der Waals surface area contributed by atoms with Crippen molar-refractivity contribution in [1.82, 2.24) is 25.1 Å². The van der Waals surface area contributed by atoms with Gasteiger partial charge in [0.05, 0.1) is 11.4 Å². The Hall–Kier alpha value is -3.02. The first-order valence-electron chi connectivity index (χ1n) is 9.87. The topological polar surface area (TPSA) is 74.8 Å². The minimum atomic E-state index is -0.00714. The third-order valence-electron chi connectivity index (χ3n) is 6.17. The van der Waals surface area contributed by atoms with E-state index in [1.54, 1.807) is 6.20 Å². The van der Waals surface area contributed by atoms with Crippen LogP contribution >= 0.6 is 0 Å². The fourth-order valence-corrected chi connectivity index (χ4v) is 4.72. The Balaban J connectivity index is 1.39. The molecule has 0 saturated carbocycles. The molecular weight excluding hydrogens is 350 g/mol. The predicted molar refractivity (Wildman–Crippen MR) is 106 cm³/mol. The first kappa shape index (κ1) is 17.1. The van der Waals surface area contributed by atoms with Gasteiger partial charge in [-0.1, -0.05) is 12.1 Å². The second-order valence-corrected chi connectivity index (χ2v) is 7.95. The number of likely N-dealkylation sites (tertiary alicyclic amines) is 1. The van der Waals surface area contributed by atoms with E-state index in [4.69, 9.17) is 4.98 Å². The largest absolute Gasteiger partial charge is 0.338 e. The summed E-state index contributed by atoms with van der Waals surface area (Å²) < 4.78 is 0. The van der Waals surface area contributed by atoms with Crippen molar-refractivity contribution < 1.29 is 4.79 Å². The number of hydrogen-bond donors (Lipinski definition) is 1. The molecule has 3 heterocycles. The summed E-state index contributed by atoms with van der Waals surface area (Å²) in [5.41, 5.74) is 5.13. The fraction of sp³-hybridized carbons (Fsp3) is 0.364. The van der Waals surface area contributed by atoms with Gasteiger partial charge in [-0.3, -0.25) is 9.89 Å². The molecule has 1 atom stereocenters. The van der Waals surface area contributed by atoms with Gasteiger partial charge >= 0.3 is 0 Å². The molecule has 0 radical (unpaired) electrons. The SMILES string of the molecule is Cc1ncc2c(n1)C1(CCCN(C(=O)c3ccc(-c4ccn[nH]4)cc3)C1)CC2. The van der Waals surface area contributed by atoms with Crippen LogP contribution in [0.15, 0.2) is 42.7 Å². The normalized spacial score (nSPS) is 21.1. The number of benzene rings is 1. The highest BCUT2D eigenvalue weighted by atomic mass is 16.2. The molecule has 2 aliphatic rings. The van der Waals surface area contributed by atoms with Crippen molar-refractivity contribution >= 4 is 5.91 Å². The number of aromatic nitrogens is 4. The summed E-state index contributed by atoms with van der Waals surface area (Å²) in [7, 11) is 0. The maximum atomic E-state index is 13.2. The molecule has 2 aromatic heterocycles. The number of hydrogen-bond acceptors (Lipinski definition) is 4. The Morgan fingerprint density at radius 2 is 2.04 bits per heavy atom. The number of aromatic amines is 1. The molecule has 0 bridgehead atoms. The number of fused-ring (bicyclic) bond motifs is 2. The number of H-pyrrole nitrogens is 1. The van der Waals surface area contributed by atoms with Crippen LogP contribution in [-0.2, 0) is 11.8 Å². The van der Waals surface area contributed by atoms with Crippen LogP contribution in [0.5, 0.6) is 0 Å². The molecule has 6 heteroatoms. The molecule has 1 fully saturated rings. The molecule has 5 rings (SSSR count). The molecule has 1 aromatic carbocycles. The number of aryl methyl sites for hydroxylation is 2. The van der Waals surface area contributed by atoms with E-state index in [-0.39, 0.29) is 11.3 Å². The number of carbonyl (C=O) groups is 1. The Morgan fingerprint density at radius 3 is 2.82 bits per heavy atom. The molecule has 1 aliphatic heterocycles. The minimum absolute atomic E-state index is 0.00714. The monoisotopic (exact) mass is 373 g/mol. The van der Waals surface area contributed by atoms with Gasteiger partial charge in [0.15, 0.2) is 0 Å². The second-order valence-electron chi connectivity index (χ2n) is 7.95. The van der Waals surface area contributed by atoms with Crippen LogP contribution in [0.3, 0.4) is 0 Å². The lowest BCUT2D eigenvalue weighted by molar-refractivity contribution is 0.0633. The van der Waals surface area contributed by atoms with Crippen LogP contribution in [0.25, 0.3) is 11.3 Å². The van der Waals surface area contributed by atoms with Crippen molar-refractivity contribution in [3.8, 4) is 11.3 Å².